The number of fused-ring (bicyclic) bond motifs is 1. The largest absolute Gasteiger partial charge is 0.375 e. The second kappa shape index (κ2) is 5.93. The van der Waals surface area contributed by atoms with Gasteiger partial charge in [-0.05, 0) is 18.6 Å². The van der Waals surface area contributed by atoms with Gasteiger partial charge in [-0.25, -0.2) is 12.7 Å². The van der Waals surface area contributed by atoms with Crippen molar-refractivity contribution in [1.29, 1.82) is 0 Å². The molecule has 2 heterocycles. The standard InChI is InChI=1S/C15H18N2O5S/c1-11-8-16(6-7-22-11)14(18)9-17-15(19)13-5-3-2-4-12(13)10-23(17,20)21/h2-5,11H,6-10H2,1H3/t11-/m0/s1. The highest BCUT2D eigenvalue weighted by Crippen LogP contribution is 2.24. The van der Waals surface area contributed by atoms with E-state index in [4.69, 9.17) is 4.74 Å². The van der Waals surface area contributed by atoms with Gasteiger partial charge in [-0.1, -0.05) is 18.2 Å². The van der Waals surface area contributed by atoms with Crippen molar-refractivity contribution in [2.75, 3.05) is 26.2 Å². The summed E-state index contributed by atoms with van der Waals surface area (Å²) in [7, 11) is -3.83. The van der Waals surface area contributed by atoms with E-state index in [9.17, 15) is 18.0 Å². The Morgan fingerprint density at radius 3 is 2.83 bits per heavy atom. The summed E-state index contributed by atoms with van der Waals surface area (Å²) in [4.78, 5) is 26.4. The third-order valence-corrected chi connectivity index (χ3v) is 5.66. The van der Waals surface area contributed by atoms with Crippen LogP contribution >= 0.6 is 0 Å². The molecule has 23 heavy (non-hydrogen) atoms. The molecule has 0 N–H and O–H groups in total. The molecular formula is C15H18N2O5S. The number of amides is 2. The zero-order valence-electron chi connectivity index (χ0n) is 12.8. The van der Waals surface area contributed by atoms with Crippen molar-refractivity contribution in [3.8, 4) is 0 Å². The Morgan fingerprint density at radius 1 is 1.35 bits per heavy atom. The molecule has 0 bridgehead atoms. The lowest BCUT2D eigenvalue weighted by molar-refractivity contribution is -0.138. The number of sulfonamides is 1. The summed E-state index contributed by atoms with van der Waals surface area (Å²) < 4.78 is 30.8. The number of hydrogen-bond donors (Lipinski definition) is 0. The van der Waals surface area contributed by atoms with Gasteiger partial charge in [0.25, 0.3) is 5.91 Å². The van der Waals surface area contributed by atoms with E-state index in [1.165, 1.54) is 4.90 Å². The minimum absolute atomic E-state index is 0.0953. The Hall–Kier alpha value is -1.93. The van der Waals surface area contributed by atoms with Gasteiger partial charge in [-0.3, -0.25) is 9.59 Å². The fourth-order valence-corrected chi connectivity index (χ4v) is 4.29. The van der Waals surface area contributed by atoms with E-state index < -0.39 is 22.5 Å². The lowest BCUT2D eigenvalue weighted by Gasteiger charge is -2.34. The third kappa shape index (κ3) is 3.09. The maximum atomic E-state index is 12.5. The molecule has 0 aromatic heterocycles. The van der Waals surface area contributed by atoms with Gasteiger partial charge in [0.15, 0.2) is 0 Å². The predicted octanol–water partition coefficient (Wildman–Crippen LogP) is 0.219. The molecule has 1 atom stereocenters. The SMILES string of the molecule is C[C@H]1CN(C(=O)CN2C(=O)c3ccccc3CS2(=O)=O)CCO1. The van der Waals surface area contributed by atoms with Crippen molar-refractivity contribution < 1.29 is 22.7 Å². The maximum Gasteiger partial charge on any atom is 0.268 e. The van der Waals surface area contributed by atoms with E-state index in [1.54, 1.807) is 24.3 Å². The van der Waals surface area contributed by atoms with Crippen LogP contribution in [0.4, 0.5) is 0 Å². The van der Waals surface area contributed by atoms with Crippen LogP contribution < -0.4 is 0 Å². The van der Waals surface area contributed by atoms with Gasteiger partial charge in [0.2, 0.25) is 15.9 Å². The van der Waals surface area contributed by atoms with Crippen LogP contribution in [0.25, 0.3) is 0 Å². The Morgan fingerprint density at radius 2 is 2.09 bits per heavy atom. The average molecular weight is 338 g/mol. The first kappa shape index (κ1) is 15.9. The molecule has 2 aliphatic rings. The smallest absolute Gasteiger partial charge is 0.268 e. The number of nitrogens with zero attached hydrogens (tertiary/aromatic N) is 2. The summed E-state index contributed by atoms with van der Waals surface area (Å²) in [6.45, 7) is 2.61. The second-order valence-electron chi connectivity index (χ2n) is 5.75. The number of carbonyl (C=O) groups is 2. The lowest BCUT2D eigenvalue weighted by Crippen LogP contribution is -2.51. The molecule has 1 saturated heterocycles. The number of carbonyl (C=O) groups excluding carboxylic acids is 2. The Bertz CT molecular complexity index is 746. The molecule has 0 radical (unpaired) electrons. The Labute approximate surface area is 134 Å². The molecule has 0 unspecified atom stereocenters. The third-order valence-electron chi connectivity index (χ3n) is 4.02. The molecule has 3 rings (SSSR count). The van der Waals surface area contributed by atoms with Crippen molar-refractivity contribution in [3.63, 3.8) is 0 Å². The fourth-order valence-electron chi connectivity index (χ4n) is 2.83. The molecule has 0 spiro atoms. The van der Waals surface area contributed by atoms with Crippen molar-refractivity contribution in [2.24, 2.45) is 0 Å². The molecule has 0 aliphatic carbocycles. The Balaban J connectivity index is 1.82. The number of ether oxygens (including phenoxy) is 1. The van der Waals surface area contributed by atoms with Crippen LogP contribution in [0.3, 0.4) is 0 Å². The first-order valence-corrected chi connectivity index (χ1v) is 9.01. The zero-order valence-corrected chi connectivity index (χ0v) is 13.6. The van der Waals surface area contributed by atoms with Gasteiger partial charge >= 0.3 is 0 Å². The summed E-state index contributed by atoms with van der Waals surface area (Å²) in [5, 5.41) is 0. The highest BCUT2D eigenvalue weighted by Gasteiger charge is 2.38. The Kier molecular flexibility index (Phi) is 4.11. The van der Waals surface area contributed by atoms with Crippen molar-refractivity contribution in [1.82, 2.24) is 9.21 Å². The van der Waals surface area contributed by atoms with E-state index in [0.29, 0.717) is 35.1 Å². The van der Waals surface area contributed by atoms with E-state index in [-0.39, 0.29) is 17.8 Å². The topological polar surface area (TPSA) is 84.0 Å². The summed E-state index contributed by atoms with van der Waals surface area (Å²) in [6, 6.07) is 6.57. The van der Waals surface area contributed by atoms with Crippen LogP contribution in [0.2, 0.25) is 0 Å². The number of hydrogen-bond acceptors (Lipinski definition) is 5. The van der Waals surface area contributed by atoms with Gasteiger partial charge in [0, 0.05) is 18.7 Å². The molecular weight excluding hydrogens is 320 g/mol. The van der Waals surface area contributed by atoms with Crippen molar-refractivity contribution in [2.45, 2.75) is 18.8 Å². The van der Waals surface area contributed by atoms with Crippen LogP contribution in [0, 0.1) is 0 Å². The second-order valence-corrected chi connectivity index (χ2v) is 7.64. The van der Waals surface area contributed by atoms with Crippen molar-refractivity contribution in [3.05, 3.63) is 35.4 Å². The van der Waals surface area contributed by atoms with Gasteiger partial charge in [0.1, 0.15) is 6.54 Å². The van der Waals surface area contributed by atoms with E-state index in [1.807, 2.05) is 6.92 Å². The molecule has 0 saturated carbocycles. The molecule has 1 aromatic rings. The summed E-state index contributed by atoms with van der Waals surface area (Å²) in [6.07, 6.45) is -0.0953. The zero-order chi connectivity index (χ0) is 16.6. The molecule has 7 nitrogen and oxygen atoms in total. The summed E-state index contributed by atoms with van der Waals surface area (Å²) >= 11 is 0. The minimum atomic E-state index is -3.83. The highest BCUT2D eigenvalue weighted by molar-refractivity contribution is 7.89. The number of rotatable bonds is 2. The normalized spacial score (nSPS) is 23.5. The van der Waals surface area contributed by atoms with Crippen LogP contribution in [-0.2, 0) is 25.3 Å². The van der Waals surface area contributed by atoms with Gasteiger partial charge in [-0.15, -0.1) is 0 Å². The number of morpholine rings is 1. The predicted molar refractivity (Wildman–Crippen MR) is 82.1 cm³/mol. The van der Waals surface area contributed by atoms with Crippen LogP contribution in [-0.4, -0.2) is 61.8 Å². The molecule has 8 heteroatoms. The average Bonchev–Trinajstić information content (AvgIpc) is 2.51. The lowest BCUT2D eigenvalue weighted by atomic mass is 10.1. The fraction of sp³-hybridized carbons (Fsp3) is 0.467. The van der Waals surface area contributed by atoms with E-state index in [0.717, 1.165) is 0 Å². The molecule has 1 aromatic carbocycles. The monoisotopic (exact) mass is 338 g/mol. The van der Waals surface area contributed by atoms with Crippen LogP contribution in [0.15, 0.2) is 24.3 Å². The highest BCUT2D eigenvalue weighted by atomic mass is 32.2. The summed E-state index contributed by atoms with van der Waals surface area (Å²) in [5.74, 6) is -1.28. The van der Waals surface area contributed by atoms with Crippen LogP contribution in [0.5, 0.6) is 0 Å². The van der Waals surface area contributed by atoms with Crippen LogP contribution in [0.1, 0.15) is 22.8 Å². The van der Waals surface area contributed by atoms with Crippen molar-refractivity contribution >= 4 is 21.8 Å². The summed E-state index contributed by atoms with van der Waals surface area (Å²) in [5.41, 5.74) is 0.812. The van der Waals surface area contributed by atoms with Gasteiger partial charge in [0.05, 0.1) is 18.5 Å². The molecule has 2 amide bonds. The minimum Gasteiger partial charge on any atom is -0.375 e. The number of benzene rings is 1. The first-order valence-electron chi connectivity index (χ1n) is 7.40. The molecule has 124 valence electrons. The maximum absolute atomic E-state index is 12.5. The van der Waals surface area contributed by atoms with E-state index in [2.05, 4.69) is 0 Å². The van der Waals surface area contributed by atoms with Gasteiger partial charge in [-0.2, -0.15) is 0 Å². The first-order chi connectivity index (χ1) is 10.9. The molecule has 1 fully saturated rings. The molecule has 2 aliphatic heterocycles. The van der Waals surface area contributed by atoms with Gasteiger partial charge < -0.3 is 9.64 Å². The quantitative estimate of drug-likeness (QED) is 0.770. The van der Waals surface area contributed by atoms with E-state index >= 15 is 0 Å².